The predicted octanol–water partition coefficient (Wildman–Crippen LogP) is 1.75. The smallest absolute Gasteiger partial charge is 0.221 e. The SMILES string of the molecule is NC(=O)Cc1ccc2c(c1)CCCS2. The highest BCUT2D eigenvalue weighted by atomic mass is 32.2. The van der Waals surface area contributed by atoms with Gasteiger partial charge in [-0.25, -0.2) is 0 Å². The van der Waals surface area contributed by atoms with Crippen molar-refractivity contribution >= 4 is 17.7 Å². The Morgan fingerprint density at radius 1 is 1.50 bits per heavy atom. The third-order valence-electron chi connectivity index (χ3n) is 2.35. The number of nitrogens with two attached hydrogens (primary N) is 1. The summed E-state index contributed by atoms with van der Waals surface area (Å²) in [4.78, 5) is 12.1. The zero-order valence-corrected chi connectivity index (χ0v) is 8.77. The minimum Gasteiger partial charge on any atom is -0.369 e. The number of thioether (sulfide) groups is 1. The van der Waals surface area contributed by atoms with Gasteiger partial charge in [-0.1, -0.05) is 12.1 Å². The Balaban J connectivity index is 2.24. The van der Waals surface area contributed by atoms with Gasteiger partial charge in [-0.3, -0.25) is 4.79 Å². The van der Waals surface area contributed by atoms with E-state index in [9.17, 15) is 4.79 Å². The van der Waals surface area contributed by atoms with Gasteiger partial charge in [0.05, 0.1) is 6.42 Å². The average molecular weight is 207 g/mol. The van der Waals surface area contributed by atoms with Crippen LogP contribution in [-0.2, 0) is 17.6 Å². The molecule has 1 aromatic rings. The minimum atomic E-state index is -0.256. The molecule has 0 aromatic heterocycles. The molecule has 0 radical (unpaired) electrons. The third-order valence-corrected chi connectivity index (χ3v) is 3.55. The quantitative estimate of drug-likeness (QED) is 0.803. The number of benzene rings is 1. The van der Waals surface area contributed by atoms with E-state index in [0.717, 1.165) is 12.0 Å². The van der Waals surface area contributed by atoms with Crippen molar-refractivity contribution in [2.45, 2.75) is 24.2 Å². The monoisotopic (exact) mass is 207 g/mol. The van der Waals surface area contributed by atoms with Crippen LogP contribution in [0.2, 0.25) is 0 Å². The summed E-state index contributed by atoms with van der Waals surface area (Å²) in [6.07, 6.45) is 2.73. The van der Waals surface area contributed by atoms with E-state index in [1.165, 1.54) is 22.6 Å². The molecule has 0 saturated carbocycles. The lowest BCUT2D eigenvalue weighted by molar-refractivity contribution is -0.117. The minimum absolute atomic E-state index is 0.256. The fraction of sp³-hybridized carbons (Fsp3) is 0.364. The third kappa shape index (κ3) is 2.10. The summed E-state index contributed by atoms with van der Waals surface area (Å²) in [6.45, 7) is 0. The molecule has 14 heavy (non-hydrogen) atoms. The van der Waals surface area contributed by atoms with Gasteiger partial charge in [-0.15, -0.1) is 11.8 Å². The molecular formula is C11H13NOS. The molecule has 1 heterocycles. The van der Waals surface area contributed by atoms with E-state index in [1.807, 2.05) is 17.8 Å². The van der Waals surface area contributed by atoms with Gasteiger partial charge in [-0.05, 0) is 35.8 Å². The van der Waals surface area contributed by atoms with Gasteiger partial charge in [0.1, 0.15) is 0 Å². The van der Waals surface area contributed by atoms with Gasteiger partial charge in [-0.2, -0.15) is 0 Å². The molecule has 0 saturated heterocycles. The standard InChI is InChI=1S/C11H13NOS/c12-11(13)7-8-3-4-10-9(6-8)2-1-5-14-10/h3-4,6H,1-2,5,7H2,(H2,12,13). The molecule has 0 bridgehead atoms. The Bertz CT molecular complexity index is 362. The zero-order chi connectivity index (χ0) is 9.97. The summed E-state index contributed by atoms with van der Waals surface area (Å²) in [6, 6.07) is 6.23. The largest absolute Gasteiger partial charge is 0.369 e. The summed E-state index contributed by atoms with van der Waals surface area (Å²) in [7, 11) is 0. The molecular weight excluding hydrogens is 194 g/mol. The lowest BCUT2D eigenvalue weighted by Crippen LogP contribution is -2.14. The molecule has 1 amide bonds. The van der Waals surface area contributed by atoms with Crippen molar-refractivity contribution in [1.82, 2.24) is 0 Å². The molecule has 2 nitrogen and oxygen atoms in total. The van der Waals surface area contributed by atoms with Crippen LogP contribution in [0.25, 0.3) is 0 Å². The van der Waals surface area contributed by atoms with Gasteiger partial charge in [0.25, 0.3) is 0 Å². The number of primary amides is 1. The summed E-state index contributed by atoms with van der Waals surface area (Å²) in [5, 5.41) is 0. The van der Waals surface area contributed by atoms with Crippen LogP contribution in [0.5, 0.6) is 0 Å². The van der Waals surface area contributed by atoms with Crippen molar-refractivity contribution < 1.29 is 4.79 Å². The molecule has 2 N–H and O–H groups in total. The number of rotatable bonds is 2. The average Bonchev–Trinajstić information content (AvgIpc) is 2.17. The molecule has 0 aliphatic carbocycles. The van der Waals surface area contributed by atoms with Crippen LogP contribution in [-0.4, -0.2) is 11.7 Å². The van der Waals surface area contributed by atoms with Crippen molar-refractivity contribution in [3.05, 3.63) is 29.3 Å². The molecule has 1 aliphatic heterocycles. The first-order valence-electron chi connectivity index (χ1n) is 4.78. The number of fused-ring (bicyclic) bond motifs is 1. The zero-order valence-electron chi connectivity index (χ0n) is 7.95. The molecule has 1 aliphatic rings. The second-order valence-corrected chi connectivity index (χ2v) is 4.67. The first-order valence-corrected chi connectivity index (χ1v) is 5.77. The highest BCUT2D eigenvalue weighted by Gasteiger charge is 2.10. The molecule has 3 heteroatoms. The Labute approximate surface area is 87.9 Å². The van der Waals surface area contributed by atoms with E-state index in [2.05, 4.69) is 12.1 Å². The predicted molar refractivity (Wildman–Crippen MR) is 58.4 cm³/mol. The Hall–Kier alpha value is -0.960. The molecule has 2 rings (SSSR count). The number of aryl methyl sites for hydroxylation is 1. The molecule has 1 aromatic carbocycles. The van der Waals surface area contributed by atoms with Crippen LogP contribution in [0.3, 0.4) is 0 Å². The van der Waals surface area contributed by atoms with Gasteiger partial charge < -0.3 is 5.73 Å². The first kappa shape index (κ1) is 9.59. The maximum atomic E-state index is 10.8. The van der Waals surface area contributed by atoms with Gasteiger partial charge in [0.2, 0.25) is 5.91 Å². The Morgan fingerprint density at radius 2 is 2.36 bits per heavy atom. The normalized spacial score (nSPS) is 14.9. The van der Waals surface area contributed by atoms with E-state index in [4.69, 9.17) is 5.73 Å². The van der Waals surface area contributed by atoms with E-state index < -0.39 is 0 Å². The van der Waals surface area contributed by atoms with Crippen LogP contribution in [0, 0.1) is 0 Å². The number of hydrogen-bond donors (Lipinski definition) is 1. The van der Waals surface area contributed by atoms with Gasteiger partial charge in [0.15, 0.2) is 0 Å². The molecule has 0 fully saturated rings. The lowest BCUT2D eigenvalue weighted by Gasteiger charge is -2.15. The topological polar surface area (TPSA) is 43.1 Å². The highest BCUT2D eigenvalue weighted by Crippen LogP contribution is 2.30. The Morgan fingerprint density at radius 3 is 3.14 bits per heavy atom. The van der Waals surface area contributed by atoms with E-state index in [1.54, 1.807) is 0 Å². The summed E-state index contributed by atoms with van der Waals surface area (Å²) in [5.74, 6) is 0.954. The summed E-state index contributed by atoms with van der Waals surface area (Å²) in [5.41, 5.74) is 7.57. The van der Waals surface area contributed by atoms with Crippen LogP contribution in [0.4, 0.5) is 0 Å². The fourth-order valence-corrected chi connectivity index (χ4v) is 2.74. The van der Waals surface area contributed by atoms with Crippen molar-refractivity contribution in [3.63, 3.8) is 0 Å². The van der Waals surface area contributed by atoms with E-state index in [-0.39, 0.29) is 5.91 Å². The fourth-order valence-electron chi connectivity index (χ4n) is 1.72. The number of hydrogen-bond acceptors (Lipinski definition) is 2. The molecule has 74 valence electrons. The maximum Gasteiger partial charge on any atom is 0.221 e. The van der Waals surface area contributed by atoms with E-state index >= 15 is 0 Å². The maximum absolute atomic E-state index is 10.8. The van der Waals surface area contributed by atoms with Gasteiger partial charge >= 0.3 is 0 Å². The van der Waals surface area contributed by atoms with Crippen molar-refractivity contribution in [2.24, 2.45) is 5.73 Å². The second kappa shape index (κ2) is 4.05. The second-order valence-electron chi connectivity index (χ2n) is 3.54. The lowest BCUT2D eigenvalue weighted by atomic mass is 10.0. The van der Waals surface area contributed by atoms with Crippen LogP contribution < -0.4 is 5.73 Å². The first-order chi connectivity index (χ1) is 6.75. The molecule has 0 unspecified atom stereocenters. The van der Waals surface area contributed by atoms with Crippen LogP contribution in [0.15, 0.2) is 23.1 Å². The van der Waals surface area contributed by atoms with Crippen molar-refractivity contribution in [2.75, 3.05) is 5.75 Å². The van der Waals surface area contributed by atoms with Gasteiger partial charge in [0, 0.05) is 4.90 Å². The molecule has 0 spiro atoms. The van der Waals surface area contributed by atoms with Crippen LogP contribution in [0.1, 0.15) is 17.5 Å². The number of carbonyl (C=O) groups is 1. The Kier molecular flexibility index (Phi) is 2.77. The van der Waals surface area contributed by atoms with Crippen molar-refractivity contribution in [1.29, 1.82) is 0 Å². The number of amides is 1. The summed E-state index contributed by atoms with van der Waals surface area (Å²) >= 11 is 1.90. The van der Waals surface area contributed by atoms with Crippen molar-refractivity contribution in [3.8, 4) is 0 Å². The van der Waals surface area contributed by atoms with Crippen LogP contribution >= 0.6 is 11.8 Å². The summed E-state index contributed by atoms with van der Waals surface area (Å²) < 4.78 is 0. The number of carbonyl (C=O) groups excluding carboxylic acids is 1. The molecule has 0 atom stereocenters. The highest BCUT2D eigenvalue weighted by molar-refractivity contribution is 7.99. The van der Waals surface area contributed by atoms with E-state index in [0.29, 0.717) is 6.42 Å².